The monoisotopic (exact) mass is 426 g/mol. The Labute approximate surface area is 180 Å². The van der Waals surface area contributed by atoms with E-state index in [1.807, 2.05) is 24.3 Å². The Morgan fingerprint density at radius 3 is 1.73 bits per heavy atom. The summed E-state index contributed by atoms with van der Waals surface area (Å²) in [6, 6.07) is 13.9. The van der Waals surface area contributed by atoms with Crippen LogP contribution in [-0.2, 0) is 4.57 Å². The fraction of sp³-hybridized carbons (Fsp3) is 0.417. The van der Waals surface area contributed by atoms with Crippen molar-refractivity contribution in [1.29, 1.82) is 0 Å². The van der Waals surface area contributed by atoms with E-state index in [0.717, 1.165) is 23.6 Å². The van der Waals surface area contributed by atoms with Crippen LogP contribution in [0.2, 0.25) is 0 Å². The normalized spacial score (nSPS) is 11.4. The summed E-state index contributed by atoms with van der Waals surface area (Å²) in [6.07, 6.45) is 6.97. The number of amides is 1. The van der Waals surface area contributed by atoms with Gasteiger partial charge in [0.05, 0.1) is 0 Å². The van der Waals surface area contributed by atoms with Gasteiger partial charge in [-0.05, 0) is 66.8 Å². The second-order valence-corrected chi connectivity index (χ2v) is 8.32. The Morgan fingerprint density at radius 2 is 1.33 bits per heavy atom. The molecule has 3 aromatic rings. The molecule has 0 spiro atoms. The SMILES string of the molecule is CCC(CC)(CC)CCCP=O.NC(=O)c1ccc(C(=O)n2c3ccc2cc3)cc1. The Kier molecular flexibility index (Phi) is 8.73. The zero-order valence-corrected chi connectivity index (χ0v) is 19.0. The lowest BCUT2D eigenvalue weighted by molar-refractivity contribution is 0.0965. The quantitative estimate of drug-likeness (QED) is 0.329. The van der Waals surface area contributed by atoms with Crippen LogP contribution < -0.4 is 5.73 Å². The summed E-state index contributed by atoms with van der Waals surface area (Å²) >= 11 is 0. The number of fused-ring (bicyclic) bond motifs is 2. The van der Waals surface area contributed by atoms with E-state index in [1.165, 1.54) is 25.7 Å². The molecular weight excluding hydrogens is 395 g/mol. The molecule has 3 rings (SSSR count). The van der Waals surface area contributed by atoms with Crippen LogP contribution in [0.3, 0.4) is 0 Å². The maximum atomic E-state index is 12.3. The van der Waals surface area contributed by atoms with Crippen LogP contribution in [0.1, 0.15) is 73.6 Å². The molecule has 5 nitrogen and oxygen atoms in total. The highest BCUT2D eigenvalue weighted by Gasteiger charge is 2.22. The summed E-state index contributed by atoms with van der Waals surface area (Å²) in [4.78, 5) is 23.2. The lowest BCUT2D eigenvalue weighted by Gasteiger charge is -2.30. The van der Waals surface area contributed by atoms with Crippen LogP contribution in [0.25, 0.3) is 11.0 Å². The molecule has 2 heterocycles. The minimum atomic E-state index is -0.498. The van der Waals surface area contributed by atoms with Crippen molar-refractivity contribution >= 4 is 31.3 Å². The van der Waals surface area contributed by atoms with Crippen molar-refractivity contribution < 1.29 is 14.2 Å². The zero-order valence-electron chi connectivity index (χ0n) is 18.1. The van der Waals surface area contributed by atoms with Gasteiger partial charge < -0.3 is 5.73 Å². The molecule has 0 aliphatic heterocycles. The average molecular weight is 426 g/mol. The molecule has 0 unspecified atom stereocenters. The van der Waals surface area contributed by atoms with Crippen LogP contribution in [0.5, 0.6) is 0 Å². The van der Waals surface area contributed by atoms with E-state index in [9.17, 15) is 14.2 Å². The van der Waals surface area contributed by atoms with Gasteiger partial charge in [-0.2, -0.15) is 0 Å². The number of hydrogen-bond acceptors (Lipinski definition) is 3. The third kappa shape index (κ3) is 5.54. The van der Waals surface area contributed by atoms with E-state index in [2.05, 4.69) is 20.8 Å². The highest BCUT2D eigenvalue weighted by Crippen LogP contribution is 2.35. The van der Waals surface area contributed by atoms with Crippen molar-refractivity contribution in [3.05, 3.63) is 59.7 Å². The van der Waals surface area contributed by atoms with Crippen LogP contribution >= 0.6 is 8.46 Å². The molecule has 30 heavy (non-hydrogen) atoms. The van der Waals surface area contributed by atoms with E-state index >= 15 is 0 Å². The number of nitrogens with two attached hydrogens (primary N) is 1. The topological polar surface area (TPSA) is 82.2 Å². The molecule has 0 radical (unpaired) electrons. The molecule has 2 N–H and O–H groups in total. The summed E-state index contributed by atoms with van der Waals surface area (Å²) in [5.41, 5.74) is 8.35. The minimum Gasteiger partial charge on any atom is -0.366 e. The number of primary amides is 1. The smallest absolute Gasteiger partial charge is 0.262 e. The molecule has 0 aliphatic rings. The first kappa shape index (κ1) is 23.8. The molecule has 0 saturated carbocycles. The van der Waals surface area contributed by atoms with Crippen molar-refractivity contribution in [2.45, 2.75) is 52.9 Å². The maximum Gasteiger partial charge on any atom is 0.262 e. The summed E-state index contributed by atoms with van der Waals surface area (Å²) in [5.74, 6) is -0.603. The highest BCUT2D eigenvalue weighted by molar-refractivity contribution is 7.23. The Balaban J connectivity index is 0.000000235. The number of nitrogens with zero attached hydrogens (tertiary/aromatic N) is 1. The number of carbonyl (C=O) groups is 2. The zero-order chi connectivity index (χ0) is 22.1. The van der Waals surface area contributed by atoms with Gasteiger partial charge in [-0.1, -0.05) is 40.0 Å². The second-order valence-electron chi connectivity index (χ2n) is 7.62. The third-order valence-corrected chi connectivity index (χ3v) is 6.69. The first-order valence-corrected chi connectivity index (χ1v) is 11.5. The third-order valence-electron chi connectivity index (χ3n) is 6.19. The number of rotatable bonds is 9. The van der Waals surface area contributed by atoms with E-state index in [0.29, 0.717) is 25.0 Å². The minimum absolute atomic E-state index is 0.106. The fourth-order valence-electron chi connectivity index (χ4n) is 3.84. The van der Waals surface area contributed by atoms with Gasteiger partial charge in [-0.3, -0.25) is 18.7 Å². The van der Waals surface area contributed by atoms with Crippen molar-refractivity contribution in [1.82, 2.24) is 4.57 Å². The van der Waals surface area contributed by atoms with E-state index in [-0.39, 0.29) is 5.91 Å². The van der Waals surface area contributed by atoms with Crippen LogP contribution in [0.4, 0.5) is 0 Å². The molecule has 1 aromatic carbocycles. The van der Waals surface area contributed by atoms with Gasteiger partial charge in [0.1, 0.15) is 0 Å². The Bertz CT molecular complexity index is 902. The predicted octanol–water partition coefficient (Wildman–Crippen LogP) is 6.14. The summed E-state index contributed by atoms with van der Waals surface area (Å²) in [5, 5.41) is 0. The molecule has 0 aliphatic carbocycles. The summed E-state index contributed by atoms with van der Waals surface area (Å²) in [6.45, 7) is 6.80. The first-order valence-electron chi connectivity index (χ1n) is 10.5. The summed E-state index contributed by atoms with van der Waals surface area (Å²) in [7, 11) is 0.311. The molecule has 0 saturated heterocycles. The number of aromatic nitrogens is 1. The van der Waals surface area contributed by atoms with Crippen LogP contribution in [0.15, 0.2) is 48.5 Å². The van der Waals surface area contributed by atoms with Crippen molar-refractivity contribution in [3.8, 4) is 0 Å². The molecular formula is C24H31N2O3P. The molecule has 2 bridgehead atoms. The predicted molar refractivity (Wildman–Crippen MR) is 123 cm³/mol. The Morgan fingerprint density at radius 1 is 0.867 bits per heavy atom. The number of benzene rings is 2. The highest BCUT2D eigenvalue weighted by atomic mass is 31.1. The van der Waals surface area contributed by atoms with Crippen molar-refractivity contribution in [2.24, 2.45) is 11.1 Å². The Hall–Kier alpha value is -2.52. The lowest BCUT2D eigenvalue weighted by atomic mass is 9.76. The van der Waals surface area contributed by atoms with Gasteiger partial charge >= 0.3 is 0 Å². The molecule has 2 aromatic heterocycles. The molecule has 6 heteroatoms. The van der Waals surface area contributed by atoms with Crippen LogP contribution in [-0.4, -0.2) is 22.5 Å². The summed E-state index contributed by atoms with van der Waals surface area (Å²) < 4.78 is 11.9. The fourth-order valence-corrected chi connectivity index (χ4v) is 4.13. The van der Waals surface area contributed by atoms with Gasteiger partial charge in [0.15, 0.2) is 8.46 Å². The van der Waals surface area contributed by atoms with Gasteiger partial charge in [-0.25, -0.2) is 0 Å². The molecule has 1 amide bonds. The van der Waals surface area contributed by atoms with E-state index in [1.54, 1.807) is 28.8 Å². The molecule has 160 valence electrons. The maximum absolute atomic E-state index is 12.3. The van der Waals surface area contributed by atoms with E-state index in [4.69, 9.17) is 5.73 Å². The van der Waals surface area contributed by atoms with E-state index < -0.39 is 5.91 Å². The average Bonchev–Trinajstić information content (AvgIpc) is 3.38. The lowest BCUT2D eigenvalue weighted by Crippen LogP contribution is -2.17. The van der Waals surface area contributed by atoms with Gasteiger partial charge in [0.25, 0.3) is 5.91 Å². The largest absolute Gasteiger partial charge is 0.366 e. The number of carbonyl (C=O) groups excluding carboxylic acids is 2. The van der Waals surface area contributed by atoms with Crippen molar-refractivity contribution in [3.63, 3.8) is 0 Å². The number of hydrogen-bond donors (Lipinski definition) is 1. The first-order chi connectivity index (χ1) is 14.4. The van der Waals surface area contributed by atoms with Gasteiger partial charge in [0.2, 0.25) is 5.91 Å². The second kappa shape index (κ2) is 11.0. The van der Waals surface area contributed by atoms with Crippen molar-refractivity contribution in [2.75, 3.05) is 6.16 Å². The molecule has 0 fully saturated rings. The van der Waals surface area contributed by atoms with Gasteiger partial charge in [-0.15, -0.1) is 0 Å². The van der Waals surface area contributed by atoms with Crippen LogP contribution in [0, 0.1) is 5.41 Å². The van der Waals surface area contributed by atoms with Gasteiger partial charge in [0, 0.05) is 28.3 Å². The standard InChI is InChI=1S/C14H10N2O2.C10H21OP/c15-13(17)9-1-3-10(4-2-9)14(18)16-11-5-6-12(16)8-7-11;1-4-10(5-2,6-3)8-7-9-12-11/h1-8H,(H2,15,17);4-9H2,1-3H3. The molecule has 0 atom stereocenters.